The van der Waals surface area contributed by atoms with E-state index >= 15 is 0 Å². The Morgan fingerprint density at radius 1 is 1.07 bits per heavy atom. The van der Waals surface area contributed by atoms with Gasteiger partial charge in [0.2, 0.25) is 0 Å². The first-order valence-electron chi connectivity index (χ1n) is 9.18. The fourth-order valence-corrected chi connectivity index (χ4v) is 4.62. The third kappa shape index (κ3) is 3.36. The molecule has 0 amide bonds. The van der Waals surface area contributed by atoms with Gasteiger partial charge in [0.1, 0.15) is 11.5 Å². The molecule has 5 nitrogen and oxygen atoms in total. The fourth-order valence-electron chi connectivity index (χ4n) is 3.27. The van der Waals surface area contributed by atoms with Gasteiger partial charge in [0, 0.05) is 17.1 Å². The molecule has 0 saturated heterocycles. The Balaban J connectivity index is 1.80. The number of rotatable bonds is 5. The highest BCUT2D eigenvalue weighted by molar-refractivity contribution is 7.90. The molecule has 1 heterocycles. The predicted molar refractivity (Wildman–Crippen MR) is 119 cm³/mol. The van der Waals surface area contributed by atoms with Crippen molar-refractivity contribution >= 4 is 32.7 Å². The molecule has 0 bridgehead atoms. The van der Waals surface area contributed by atoms with Crippen molar-refractivity contribution in [2.24, 2.45) is 0 Å². The highest BCUT2D eigenvalue weighted by atomic mass is 32.2. The number of aryl methyl sites for hydroxylation is 1. The molecule has 4 rings (SSSR count). The van der Waals surface area contributed by atoms with Crippen molar-refractivity contribution in [2.75, 3.05) is 0 Å². The second-order valence-corrected chi connectivity index (χ2v) is 8.57. The highest BCUT2D eigenvalue weighted by Gasteiger charge is 2.20. The van der Waals surface area contributed by atoms with Crippen LogP contribution < -0.4 is 4.74 Å². The third-order valence-corrected chi connectivity index (χ3v) is 6.50. The number of hydrogen-bond acceptors (Lipinski definition) is 3. The van der Waals surface area contributed by atoms with E-state index in [1.165, 1.54) is 10.2 Å². The molecule has 0 atom stereocenters. The average molecular weight is 414 g/mol. The van der Waals surface area contributed by atoms with E-state index in [9.17, 15) is 8.42 Å². The van der Waals surface area contributed by atoms with Crippen molar-refractivity contribution in [3.8, 4) is 11.5 Å². The van der Waals surface area contributed by atoms with Crippen LogP contribution in [-0.2, 0) is 10.0 Å². The lowest BCUT2D eigenvalue weighted by Crippen LogP contribution is -2.11. The van der Waals surface area contributed by atoms with E-state index in [0.717, 1.165) is 5.56 Å². The zero-order valence-electron chi connectivity index (χ0n) is 16.2. The molecule has 0 aliphatic rings. The standard InChI is InChI=1S/C24H18N2O3S/c1-4-21-22-14-15-26(30(27,28)20-10-8-17(2)9-11-20)23(22)12-13-24(21)29-19-7-5-6-18(16-19)25-3/h4-16H,1H2,2H3. The van der Waals surface area contributed by atoms with E-state index in [4.69, 9.17) is 11.3 Å². The lowest BCUT2D eigenvalue weighted by molar-refractivity contribution is 0.482. The molecule has 0 spiro atoms. The molecule has 0 radical (unpaired) electrons. The van der Waals surface area contributed by atoms with Gasteiger partial charge in [-0.05, 0) is 49.4 Å². The number of aromatic nitrogens is 1. The number of nitrogens with zero attached hydrogens (tertiary/aromatic N) is 2. The average Bonchev–Trinajstić information content (AvgIpc) is 3.19. The van der Waals surface area contributed by atoms with Crippen LogP contribution in [0.25, 0.3) is 21.8 Å². The van der Waals surface area contributed by atoms with Crippen LogP contribution in [0, 0.1) is 13.5 Å². The van der Waals surface area contributed by atoms with Crippen molar-refractivity contribution in [3.63, 3.8) is 0 Å². The minimum absolute atomic E-state index is 0.224. The molecule has 0 aliphatic carbocycles. The van der Waals surface area contributed by atoms with E-state index in [0.29, 0.717) is 33.7 Å². The first-order chi connectivity index (χ1) is 14.4. The van der Waals surface area contributed by atoms with Gasteiger partial charge in [0.05, 0.1) is 17.0 Å². The minimum atomic E-state index is -3.74. The molecule has 0 aliphatic heterocycles. The monoisotopic (exact) mass is 414 g/mol. The first kappa shape index (κ1) is 19.5. The Kier molecular flexibility index (Phi) is 4.90. The smallest absolute Gasteiger partial charge is 0.268 e. The molecular weight excluding hydrogens is 396 g/mol. The molecule has 6 heteroatoms. The maximum Gasteiger partial charge on any atom is 0.268 e. The van der Waals surface area contributed by atoms with Crippen molar-refractivity contribution < 1.29 is 13.2 Å². The maximum absolute atomic E-state index is 13.1. The summed E-state index contributed by atoms with van der Waals surface area (Å²) in [4.78, 5) is 3.63. The van der Waals surface area contributed by atoms with E-state index in [1.807, 2.05) is 6.92 Å². The van der Waals surface area contributed by atoms with E-state index in [-0.39, 0.29) is 4.90 Å². The van der Waals surface area contributed by atoms with Crippen LogP contribution in [0.4, 0.5) is 5.69 Å². The molecular formula is C24H18N2O3S. The van der Waals surface area contributed by atoms with Crippen molar-refractivity contribution in [3.05, 3.63) is 102 Å². The van der Waals surface area contributed by atoms with Crippen molar-refractivity contribution in [1.29, 1.82) is 0 Å². The molecule has 3 aromatic carbocycles. The second kappa shape index (κ2) is 7.54. The molecule has 4 aromatic rings. The lowest BCUT2D eigenvalue weighted by Gasteiger charge is -2.12. The number of ether oxygens (including phenoxy) is 1. The van der Waals surface area contributed by atoms with Crippen LogP contribution in [-0.4, -0.2) is 12.4 Å². The SMILES string of the molecule is [C-]#[N+]c1cccc(Oc2ccc3c(ccn3S(=O)(=O)c3ccc(C)cc3)c2C=C)c1. The largest absolute Gasteiger partial charge is 0.458 e. The van der Waals surface area contributed by atoms with Gasteiger partial charge in [0.15, 0.2) is 5.69 Å². The van der Waals surface area contributed by atoms with Crippen LogP contribution in [0.3, 0.4) is 0 Å². The molecule has 0 saturated carbocycles. The Bertz CT molecular complexity index is 1410. The van der Waals surface area contributed by atoms with Gasteiger partial charge in [-0.25, -0.2) is 17.2 Å². The number of hydrogen-bond donors (Lipinski definition) is 0. The Morgan fingerprint density at radius 2 is 1.83 bits per heavy atom. The number of benzene rings is 3. The Hall–Kier alpha value is -3.82. The summed E-state index contributed by atoms with van der Waals surface area (Å²) in [7, 11) is -3.74. The highest BCUT2D eigenvalue weighted by Crippen LogP contribution is 2.35. The zero-order chi connectivity index (χ0) is 21.3. The van der Waals surface area contributed by atoms with Crippen LogP contribution in [0.5, 0.6) is 11.5 Å². The first-order valence-corrected chi connectivity index (χ1v) is 10.6. The predicted octanol–water partition coefficient (Wildman–Crippen LogP) is 6.17. The van der Waals surface area contributed by atoms with Gasteiger partial charge < -0.3 is 4.74 Å². The molecule has 0 fully saturated rings. The van der Waals surface area contributed by atoms with E-state index in [1.54, 1.807) is 72.8 Å². The van der Waals surface area contributed by atoms with Crippen LogP contribution >= 0.6 is 0 Å². The molecule has 0 unspecified atom stereocenters. The van der Waals surface area contributed by atoms with Gasteiger partial charge >= 0.3 is 0 Å². The van der Waals surface area contributed by atoms with Gasteiger partial charge in [-0.3, -0.25) is 0 Å². The molecule has 148 valence electrons. The van der Waals surface area contributed by atoms with Crippen molar-refractivity contribution in [1.82, 2.24) is 3.97 Å². The third-order valence-electron chi connectivity index (χ3n) is 4.79. The fraction of sp³-hybridized carbons (Fsp3) is 0.0417. The summed E-state index contributed by atoms with van der Waals surface area (Å²) >= 11 is 0. The Morgan fingerprint density at radius 3 is 2.53 bits per heavy atom. The van der Waals surface area contributed by atoms with Gasteiger partial charge in [-0.2, -0.15) is 0 Å². The summed E-state index contributed by atoms with van der Waals surface area (Å²) in [5, 5.41) is 0.708. The summed E-state index contributed by atoms with van der Waals surface area (Å²) in [6, 6.07) is 18.8. The zero-order valence-corrected chi connectivity index (χ0v) is 17.1. The van der Waals surface area contributed by atoms with Gasteiger partial charge in [0.25, 0.3) is 10.0 Å². The minimum Gasteiger partial charge on any atom is -0.458 e. The number of fused-ring (bicyclic) bond motifs is 1. The van der Waals surface area contributed by atoms with Crippen LogP contribution in [0.1, 0.15) is 11.1 Å². The van der Waals surface area contributed by atoms with Crippen molar-refractivity contribution in [2.45, 2.75) is 11.8 Å². The second-order valence-electron chi connectivity index (χ2n) is 6.76. The Labute approximate surface area is 175 Å². The normalized spacial score (nSPS) is 11.2. The van der Waals surface area contributed by atoms with Crippen LogP contribution in [0.15, 0.2) is 84.4 Å². The van der Waals surface area contributed by atoms with Gasteiger partial charge in [-0.1, -0.05) is 42.5 Å². The van der Waals surface area contributed by atoms with Gasteiger partial charge in [-0.15, -0.1) is 0 Å². The molecule has 0 N–H and O–H groups in total. The summed E-state index contributed by atoms with van der Waals surface area (Å²) in [5.74, 6) is 1.06. The lowest BCUT2D eigenvalue weighted by atomic mass is 10.1. The topological polar surface area (TPSA) is 52.7 Å². The summed E-state index contributed by atoms with van der Waals surface area (Å²) in [5.41, 5.74) is 2.68. The maximum atomic E-state index is 13.1. The van der Waals surface area contributed by atoms with E-state index < -0.39 is 10.0 Å². The quantitative estimate of drug-likeness (QED) is 0.367. The summed E-state index contributed by atoms with van der Waals surface area (Å²) < 4.78 is 33.5. The molecule has 30 heavy (non-hydrogen) atoms. The van der Waals surface area contributed by atoms with Crippen LogP contribution in [0.2, 0.25) is 0 Å². The molecule has 1 aromatic heterocycles. The summed E-state index contributed by atoms with van der Waals surface area (Å²) in [6.45, 7) is 12.9. The summed E-state index contributed by atoms with van der Waals surface area (Å²) in [6.07, 6.45) is 3.18. The van der Waals surface area contributed by atoms with E-state index in [2.05, 4.69) is 11.4 Å².